The quantitative estimate of drug-likeness (QED) is 0.438. The smallest absolute Gasteiger partial charge is 0.255 e. The Balaban J connectivity index is 1.34. The number of carbonyl (C=O) groups is 3. The number of nitrogens with zero attached hydrogens (tertiary/aromatic N) is 3. The molecular weight excluding hydrogens is 532 g/mol. The van der Waals surface area contributed by atoms with E-state index in [1.54, 1.807) is 17.2 Å². The molecule has 42 heavy (non-hydrogen) atoms. The standard InChI is InChI=1S/C33H40N4O5/c1-19(2)29(37-16-23-9-7-8-10-25(23)31(37)40)32(41)36-17-24(38)14-28(36)30(39)34-15-22-12-11-21(13-27(22)33(4,5)6)26-18-42-35-20(26)3/h7-13,18-19,24,28-29,38H,14-17H2,1-6H3,(H,34,39). The highest BCUT2D eigenvalue weighted by Crippen LogP contribution is 2.33. The van der Waals surface area contributed by atoms with Crippen LogP contribution in [0.3, 0.4) is 0 Å². The van der Waals surface area contributed by atoms with Crippen LogP contribution in [0, 0.1) is 12.8 Å². The molecule has 2 aliphatic rings. The fourth-order valence-corrected chi connectivity index (χ4v) is 6.22. The number of likely N-dealkylation sites (tertiary alicyclic amines) is 1. The van der Waals surface area contributed by atoms with E-state index in [0.717, 1.165) is 33.5 Å². The maximum atomic E-state index is 14.0. The molecule has 3 unspecified atom stereocenters. The highest BCUT2D eigenvalue weighted by Gasteiger charge is 2.45. The van der Waals surface area contributed by atoms with E-state index >= 15 is 0 Å². The van der Waals surface area contributed by atoms with E-state index in [1.807, 2.05) is 51.1 Å². The van der Waals surface area contributed by atoms with Crippen molar-refractivity contribution in [1.82, 2.24) is 20.3 Å². The Hall–Kier alpha value is -3.98. The van der Waals surface area contributed by atoms with Crippen LogP contribution in [0.1, 0.15) is 73.8 Å². The molecule has 2 aliphatic heterocycles. The number of nitrogens with one attached hydrogen (secondary N) is 1. The van der Waals surface area contributed by atoms with Gasteiger partial charge in [0.2, 0.25) is 11.8 Å². The number of fused-ring (bicyclic) bond motifs is 1. The molecule has 0 spiro atoms. The SMILES string of the molecule is Cc1nocc1-c1ccc(CNC(=O)C2CC(O)CN2C(=O)C(C(C)C)N2Cc3ccccc3C2=O)c(C(C)(C)C)c1. The molecule has 1 fully saturated rings. The molecule has 222 valence electrons. The first-order chi connectivity index (χ1) is 19.9. The monoisotopic (exact) mass is 572 g/mol. The molecule has 3 aromatic rings. The molecule has 0 radical (unpaired) electrons. The number of aliphatic hydroxyl groups is 1. The largest absolute Gasteiger partial charge is 0.391 e. The summed E-state index contributed by atoms with van der Waals surface area (Å²) in [6, 6.07) is 11.9. The van der Waals surface area contributed by atoms with Crippen molar-refractivity contribution in [2.75, 3.05) is 6.54 Å². The van der Waals surface area contributed by atoms with Gasteiger partial charge in [-0.3, -0.25) is 14.4 Å². The third kappa shape index (κ3) is 5.57. The number of hydrogen-bond donors (Lipinski definition) is 2. The van der Waals surface area contributed by atoms with Crippen LogP contribution in [0.2, 0.25) is 0 Å². The van der Waals surface area contributed by atoms with Gasteiger partial charge in [-0.1, -0.05) is 76.2 Å². The molecule has 3 atom stereocenters. The Morgan fingerprint density at radius 1 is 1.14 bits per heavy atom. The molecule has 1 aromatic heterocycles. The molecule has 1 saturated heterocycles. The van der Waals surface area contributed by atoms with Crippen LogP contribution in [0.4, 0.5) is 0 Å². The number of aliphatic hydroxyl groups excluding tert-OH is 1. The highest BCUT2D eigenvalue weighted by atomic mass is 16.5. The van der Waals surface area contributed by atoms with Crippen LogP contribution in [0.5, 0.6) is 0 Å². The second kappa shape index (κ2) is 11.4. The first-order valence-corrected chi connectivity index (χ1v) is 14.6. The van der Waals surface area contributed by atoms with Crippen molar-refractivity contribution in [3.8, 4) is 11.1 Å². The van der Waals surface area contributed by atoms with Crippen LogP contribution < -0.4 is 5.32 Å². The molecule has 0 aliphatic carbocycles. The van der Waals surface area contributed by atoms with E-state index in [2.05, 4.69) is 37.3 Å². The predicted octanol–water partition coefficient (Wildman–Crippen LogP) is 4.21. The van der Waals surface area contributed by atoms with Crippen LogP contribution in [0.25, 0.3) is 11.1 Å². The summed E-state index contributed by atoms with van der Waals surface area (Å²) in [4.78, 5) is 43.9. The van der Waals surface area contributed by atoms with E-state index < -0.39 is 18.2 Å². The Bertz CT molecular complexity index is 1500. The van der Waals surface area contributed by atoms with E-state index in [0.29, 0.717) is 12.1 Å². The Labute approximate surface area is 246 Å². The zero-order valence-corrected chi connectivity index (χ0v) is 25.2. The van der Waals surface area contributed by atoms with Gasteiger partial charge in [0, 0.05) is 37.2 Å². The minimum Gasteiger partial charge on any atom is -0.391 e. The lowest BCUT2D eigenvalue weighted by atomic mass is 9.82. The van der Waals surface area contributed by atoms with Gasteiger partial charge in [0.25, 0.3) is 5.91 Å². The van der Waals surface area contributed by atoms with Gasteiger partial charge in [-0.15, -0.1) is 0 Å². The predicted molar refractivity (Wildman–Crippen MR) is 158 cm³/mol. The highest BCUT2D eigenvalue weighted by molar-refractivity contribution is 6.01. The zero-order valence-electron chi connectivity index (χ0n) is 25.2. The van der Waals surface area contributed by atoms with Crippen molar-refractivity contribution in [2.45, 2.75) is 84.7 Å². The fourth-order valence-electron chi connectivity index (χ4n) is 6.22. The Morgan fingerprint density at radius 2 is 1.88 bits per heavy atom. The molecule has 9 nitrogen and oxygen atoms in total. The summed E-state index contributed by atoms with van der Waals surface area (Å²) in [7, 11) is 0. The number of amides is 3. The lowest BCUT2D eigenvalue weighted by Crippen LogP contribution is -2.55. The van der Waals surface area contributed by atoms with Crippen molar-refractivity contribution < 1.29 is 24.0 Å². The topological polar surface area (TPSA) is 116 Å². The second-order valence-electron chi connectivity index (χ2n) is 12.8. The minimum atomic E-state index is -0.828. The van der Waals surface area contributed by atoms with Crippen molar-refractivity contribution in [3.63, 3.8) is 0 Å². The number of aromatic nitrogens is 1. The molecule has 2 aromatic carbocycles. The number of β-amino-alcohol motifs (C(OH)–C–C–N with tert-alkyl or cyclic N) is 1. The Kier molecular flexibility index (Phi) is 7.98. The third-order valence-corrected chi connectivity index (χ3v) is 8.37. The summed E-state index contributed by atoms with van der Waals surface area (Å²) in [5, 5.41) is 17.6. The van der Waals surface area contributed by atoms with Crippen molar-refractivity contribution in [3.05, 3.63) is 76.7 Å². The molecule has 5 rings (SSSR count). The summed E-state index contributed by atoms with van der Waals surface area (Å²) >= 11 is 0. The lowest BCUT2D eigenvalue weighted by molar-refractivity contribution is -0.143. The van der Waals surface area contributed by atoms with Gasteiger partial charge in [0.05, 0.1) is 11.8 Å². The molecule has 9 heteroatoms. The van der Waals surface area contributed by atoms with Crippen molar-refractivity contribution >= 4 is 17.7 Å². The van der Waals surface area contributed by atoms with Crippen LogP contribution >= 0.6 is 0 Å². The van der Waals surface area contributed by atoms with E-state index in [9.17, 15) is 19.5 Å². The summed E-state index contributed by atoms with van der Waals surface area (Å²) < 4.78 is 5.13. The van der Waals surface area contributed by atoms with Gasteiger partial charge in [-0.2, -0.15) is 0 Å². The number of rotatable bonds is 7. The van der Waals surface area contributed by atoms with Gasteiger partial charge in [-0.25, -0.2) is 0 Å². The van der Waals surface area contributed by atoms with Crippen molar-refractivity contribution in [1.29, 1.82) is 0 Å². The zero-order chi connectivity index (χ0) is 30.3. The normalized spacial score (nSPS) is 19.4. The number of hydrogen-bond acceptors (Lipinski definition) is 6. The minimum absolute atomic E-state index is 0.0507. The molecule has 2 N–H and O–H groups in total. The van der Waals surface area contributed by atoms with Crippen LogP contribution in [0.15, 0.2) is 53.3 Å². The first kappa shape index (κ1) is 29.5. The summed E-state index contributed by atoms with van der Waals surface area (Å²) in [5.41, 5.74) is 6.05. The average molecular weight is 573 g/mol. The summed E-state index contributed by atoms with van der Waals surface area (Å²) in [5.74, 6) is -0.999. The van der Waals surface area contributed by atoms with Gasteiger partial charge < -0.3 is 24.7 Å². The molecule has 0 saturated carbocycles. The third-order valence-electron chi connectivity index (χ3n) is 8.37. The second-order valence-corrected chi connectivity index (χ2v) is 12.8. The molecule has 3 amide bonds. The van der Waals surface area contributed by atoms with Gasteiger partial charge >= 0.3 is 0 Å². The number of carbonyl (C=O) groups excluding carboxylic acids is 3. The average Bonchev–Trinajstić information content (AvgIpc) is 3.64. The molecule has 3 heterocycles. The summed E-state index contributed by atoms with van der Waals surface area (Å²) in [6.45, 7) is 12.7. The van der Waals surface area contributed by atoms with Crippen molar-refractivity contribution in [2.24, 2.45) is 5.92 Å². The maximum Gasteiger partial charge on any atom is 0.255 e. The van der Waals surface area contributed by atoms with Gasteiger partial charge in [-0.05, 0) is 46.6 Å². The summed E-state index contributed by atoms with van der Waals surface area (Å²) in [6.07, 6.45) is 0.961. The molecule has 0 bridgehead atoms. The number of aryl methyl sites for hydroxylation is 1. The first-order valence-electron chi connectivity index (χ1n) is 14.6. The van der Waals surface area contributed by atoms with E-state index in [1.165, 1.54) is 4.90 Å². The van der Waals surface area contributed by atoms with E-state index in [4.69, 9.17) is 4.52 Å². The van der Waals surface area contributed by atoms with Gasteiger partial charge in [0.15, 0.2) is 0 Å². The fraction of sp³-hybridized carbons (Fsp3) is 0.455. The van der Waals surface area contributed by atoms with Gasteiger partial charge in [0.1, 0.15) is 18.3 Å². The van der Waals surface area contributed by atoms with Crippen LogP contribution in [-0.2, 0) is 28.1 Å². The lowest BCUT2D eigenvalue weighted by Gasteiger charge is -2.35. The van der Waals surface area contributed by atoms with E-state index in [-0.39, 0.29) is 48.6 Å². The maximum absolute atomic E-state index is 14.0. The van der Waals surface area contributed by atoms with Crippen LogP contribution in [-0.4, -0.2) is 62.5 Å². The molecular formula is C33H40N4O5. The number of benzene rings is 2. The Morgan fingerprint density at radius 3 is 2.52 bits per heavy atom.